The molecule has 0 aromatic heterocycles. The predicted molar refractivity (Wildman–Crippen MR) is 36.2 cm³/mol. The van der Waals surface area contributed by atoms with Crippen LogP contribution < -0.4 is 0 Å². The third-order valence-electron chi connectivity index (χ3n) is 1.35. The van der Waals surface area contributed by atoms with E-state index in [1.54, 1.807) is 13.8 Å². The molecule has 0 aliphatic carbocycles. The molecule has 1 N–H and O–H groups in total. The monoisotopic (exact) mass is 141 g/mol. The Morgan fingerprint density at radius 3 is 2.50 bits per heavy atom. The van der Waals surface area contributed by atoms with Gasteiger partial charge in [-0.25, -0.2) is 0 Å². The van der Waals surface area contributed by atoms with Crippen LogP contribution in [0.2, 0.25) is 0 Å². The molecule has 0 heterocycles. The first-order valence-corrected chi connectivity index (χ1v) is 3.20. The first-order chi connectivity index (χ1) is 4.57. The van der Waals surface area contributed by atoms with Gasteiger partial charge in [0.05, 0.1) is 12.0 Å². The molecular weight excluding hydrogens is 130 g/mol. The predicted octanol–water partition coefficient (Wildman–Crippen LogP) is 1.26. The van der Waals surface area contributed by atoms with Crippen LogP contribution in [-0.4, -0.2) is 11.1 Å². The zero-order chi connectivity index (χ0) is 8.15. The Kier molecular flexibility index (Phi) is 3.48. The molecule has 0 aliphatic heterocycles. The van der Waals surface area contributed by atoms with Crippen molar-refractivity contribution in [3.05, 3.63) is 0 Å². The SMILES string of the molecule is CC(C#N)CC(C)C(=O)O. The molecule has 3 heteroatoms. The fourth-order valence-electron chi connectivity index (χ4n) is 0.684. The second-order valence-electron chi connectivity index (χ2n) is 2.51. The molecule has 0 aromatic rings. The van der Waals surface area contributed by atoms with Crippen LogP contribution in [0.1, 0.15) is 20.3 Å². The topological polar surface area (TPSA) is 61.1 Å². The van der Waals surface area contributed by atoms with Crippen molar-refractivity contribution in [2.75, 3.05) is 0 Å². The standard InChI is InChI=1S/C7H11NO2/c1-5(4-8)3-6(2)7(9)10/h5-6H,3H2,1-2H3,(H,9,10). The maximum atomic E-state index is 10.2. The van der Waals surface area contributed by atoms with E-state index in [0.717, 1.165) is 0 Å². The number of nitriles is 1. The summed E-state index contributed by atoms with van der Waals surface area (Å²) in [5, 5.41) is 16.7. The van der Waals surface area contributed by atoms with Crippen molar-refractivity contribution in [3.8, 4) is 6.07 Å². The average molecular weight is 141 g/mol. The Labute approximate surface area is 60.3 Å². The highest BCUT2D eigenvalue weighted by atomic mass is 16.4. The van der Waals surface area contributed by atoms with Crippen LogP contribution in [0.4, 0.5) is 0 Å². The van der Waals surface area contributed by atoms with Crippen molar-refractivity contribution in [1.29, 1.82) is 5.26 Å². The summed E-state index contributed by atoms with van der Waals surface area (Å²) in [5.41, 5.74) is 0. The molecule has 2 atom stereocenters. The van der Waals surface area contributed by atoms with Crippen molar-refractivity contribution < 1.29 is 9.90 Å². The number of rotatable bonds is 3. The second kappa shape index (κ2) is 3.89. The molecule has 0 saturated heterocycles. The fraction of sp³-hybridized carbons (Fsp3) is 0.714. The van der Waals surface area contributed by atoms with E-state index in [4.69, 9.17) is 10.4 Å². The van der Waals surface area contributed by atoms with Gasteiger partial charge in [0, 0.05) is 5.92 Å². The lowest BCUT2D eigenvalue weighted by Crippen LogP contribution is -2.12. The summed E-state index contributed by atoms with van der Waals surface area (Å²) in [7, 11) is 0. The van der Waals surface area contributed by atoms with Gasteiger partial charge in [0.15, 0.2) is 0 Å². The van der Waals surface area contributed by atoms with Gasteiger partial charge in [-0.1, -0.05) is 6.92 Å². The van der Waals surface area contributed by atoms with Gasteiger partial charge >= 0.3 is 5.97 Å². The number of aliphatic carboxylic acids is 1. The molecule has 2 unspecified atom stereocenters. The molecule has 0 saturated carbocycles. The smallest absolute Gasteiger partial charge is 0.306 e. The largest absolute Gasteiger partial charge is 0.481 e. The molecule has 0 aliphatic rings. The highest BCUT2D eigenvalue weighted by Gasteiger charge is 2.13. The Morgan fingerprint density at radius 1 is 1.70 bits per heavy atom. The van der Waals surface area contributed by atoms with E-state index in [0.29, 0.717) is 6.42 Å². The molecule has 0 aromatic carbocycles. The third kappa shape index (κ3) is 3.08. The average Bonchev–Trinajstić information content (AvgIpc) is 1.87. The Morgan fingerprint density at radius 2 is 2.20 bits per heavy atom. The van der Waals surface area contributed by atoms with Gasteiger partial charge < -0.3 is 5.11 Å². The number of nitrogens with zero attached hydrogens (tertiary/aromatic N) is 1. The molecule has 0 rings (SSSR count). The van der Waals surface area contributed by atoms with Crippen LogP contribution in [0.5, 0.6) is 0 Å². The minimum absolute atomic E-state index is 0.161. The number of carboxylic acids is 1. The molecule has 3 nitrogen and oxygen atoms in total. The number of hydrogen-bond acceptors (Lipinski definition) is 2. The highest BCUT2D eigenvalue weighted by molar-refractivity contribution is 5.69. The molecule has 10 heavy (non-hydrogen) atoms. The minimum atomic E-state index is -0.831. The molecule has 0 spiro atoms. The van der Waals surface area contributed by atoms with Crippen LogP contribution in [0.25, 0.3) is 0 Å². The zero-order valence-corrected chi connectivity index (χ0v) is 6.16. The van der Waals surface area contributed by atoms with Crippen molar-refractivity contribution in [1.82, 2.24) is 0 Å². The van der Waals surface area contributed by atoms with Gasteiger partial charge in [-0.05, 0) is 13.3 Å². The number of hydrogen-bond donors (Lipinski definition) is 1. The number of carbonyl (C=O) groups is 1. The highest BCUT2D eigenvalue weighted by Crippen LogP contribution is 2.10. The minimum Gasteiger partial charge on any atom is -0.481 e. The maximum absolute atomic E-state index is 10.2. The summed E-state index contributed by atoms with van der Waals surface area (Å²) in [6.07, 6.45) is 0.436. The van der Waals surface area contributed by atoms with Crippen LogP contribution in [0.3, 0.4) is 0 Å². The lowest BCUT2D eigenvalue weighted by molar-refractivity contribution is -0.141. The van der Waals surface area contributed by atoms with Gasteiger partial charge in [0.1, 0.15) is 0 Å². The molecule has 0 fully saturated rings. The van der Waals surface area contributed by atoms with E-state index in [-0.39, 0.29) is 5.92 Å². The summed E-state index contributed by atoms with van der Waals surface area (Å²) < 4.78 is 0. The van der Waals surface area contributed by atoms with Gasteiger partial charge in [0.2, 0.25) is 0 Å². The zero-order valence-electron chi connectivity index (χ0n) is 6.16. The summed E-state index contributed by atoms with van der Waals surface area (Å²) in [6, 6.07) is 1.99. The first-order valence-electron chi connectivity index (χ1n) is 3.20. The molecule has 0 radical (unpaired) electrons. The summed E-state index contributed by atoms with van der Waals surface area (Å²) in [5.74, 6) is -1.40. The maximum Gasteiger partial charge on any atom is 0.306 e. The molecule has 0 amide bonds. The van der Waals surface area contributed by atoms with Crippen LogP contribution in [0.15, 0.2) is 0 Å². The fourth-order valence-corrected chi connectivity index (χ4v) is 0.684. The van der Waals surface area contributed by atoms with Crippen molar-refractivity contribution in [2.45, 2.75) is 20.3 Å². The lowest BCUT2D eigenvalue weighted by Gasteiger charge is -2.05. The van der Waals surface area contributed by atoms with E-state index in [2.05, 4.69) is 0 Å². The molecule has 0 bridgehead atoms. The summed E-state index contributed by atoms with van der Waals surface area (Å²) >= 11 is 0. The normalized spacial score (nSPS) is 15.3. The first kappa shape index (κ1) is 8.96. The van der Waals surface area contributed by atoms with E-state index >= 15 is 0 Å². The van der Waals surface area contributed by atoms with Gasteiger partial charge in [-0.3, -0.25) is 4.79 Å². The summed E-state index contributed by atoms with van der Waals surface area (Å²) in [4.78, 5) is 10.2. The van der Waals surface area contributed by atoms with Gasteiger partial charge in [-0.2, -0.15) is 5.26 Å². The van der Waals surface area contributed by atoms with Gasteiger partial charge in [-0.15, -0.1) is 0 Å². The van der Waals surface area contributed by atoms with Crippen molar-refractivity contribution >= 4 is 5.97 Å². The van der Waals surface area contributed by atoms with E-state index in [1.807, 2.05) is 6.07 Å². The van der Waals surface area contributed by atoms with E-state index in [1.165, 1.54) is 0 Å². The van der Waals surface area contributed by atoms with Crippen LogP contribution in [0, 0.1) is 23.2 Å². The van der Waals surface area contributed by atoms with Crippen LogP contribution in [-0.2, 0) is 4.79 Å². The Hall–Kier alpha value is -1.04. The third-order valence-corrected chi connectivity index (χ3v) is 1.35. The quantitative estimate of drug-likeness (QED) is 0.643. The van der Waals surface area contributed by atoms with E-state index in [9.17, 15) is 4.79 Å². The van der Waals surface area contributed by atoms with Crippen LogP contribution >= 0.6 is 0 Å². The summed E-state index contributed by atoms with van der Waals surface area (Å²) in [6.45, 7) is 3.33. The lowest BCUT2D eigenvalue weighted by atomic mass is 9.99. The Balaban J connectivity index is 3.70. The van der Waals surface area contributed by atoms with Crippen molar-refractivity contribution in [2.24, 2.45) is 11.8 Å². The molecule has 56 valence electrons. The Bertz CT molecular complexity index is 159. The van der Waals surface area contributed by atoms with Gasteiger partial charge in [0.25, 0.3) is 0 Å². The number of carboxylic acid groups (broad SMARTS) is 1. The molecular formula is C7H11NO2. The van der Waals surface area contributed by atoms with Crippen molar-refractivity contribution in [3.63, 3.8) is 0 Å². The van der Waals surface area contributed by atoms with E-state index < -0.39 is 11.9 Å². The second-order valence-corrected chi connectivity index (χ2v) is 2.51.